The first kappa shape index (κ1) is 39.7. The van der Waals surface area contributed by atoms with E-state index in [2.05, 4.69) is 118 Å². The molecule has 2 aromatic carbocycles. The molecule has 4 rings (SSSR count). The molecule has 0 amide bonds. The van der Waals surface area contributed by atoms with Crippen LogP contribution in [-0.2, 0) is 19.4 Å². The molecule has 0 saturated heterocycles. The molecule has 2 nitrogen and oxygen atoms in total. The number of alkyl halides is 1. The van der Waals surface area contributed by atoms with E-state index in [-0.39, 0.29) is 17.0 Å². The summed E-state index contributed by atoms with van der Waals surface area (Å²) in [6, 6.07) is 30.0. The zero-order valence-electron chi connectivity index (χ0n) is 27.4. The van der Waals surface area contributed by atoms with Crippen molar-refractivity contribution in [1.82, 2.24) is 4.98 Å². The Morgan fingerprint density at radius 3 is 1.34 bits per heavy atom. The van der Waals surface area contributed by atoms with Crippen molar-refractivity contribution in [1.29, 1.82) is 0 Å². The smallest absolute Gasteiger partial charge is 0.169 e. The van der Waals surface area contributed by atoms with Gasteiger partial charge in [0.25, 0.3) is 0 Å². The van der Waals surface area contributed by atoms with E-state index in [9.17, 15) is 0 Å². The van der Waals surface area contributed by atoms with Crippen LogP contribution in [0.4, 0.5) is 0 Å². The molecule has 44 heavy (non-hydrogen) atoms. The summed E-state index contributed by atoms with van der Waals surface area (Å²) in [5.74, 6) is 0. The summed E-state index contributed by atoms with van der Waals surface area (Å²) >= 11 is 3.46. The van der Waals surface area contributed by atoms with Gasteiger partial charge in [-0.3, -0.25) is 4.98 Å². The van der Waals surface area contributed by atoms with Crippen molar-refractivity contribution in [3.05, 3.63) is 132 Å². The van der Waals surface area contributed by atoms with Gasteiger partial charge in [0.1, 0.15) is 6.54 Å². The zero-order chi connectivity index (χ0) is 30.6. The van der Waals surface area contributed by atoms with Crippen molar-refractivity contribution >= 4 is 15.9 Å². The number of unbranched alkanes of at least 4 members (excludes halogenated alkanes) is 10. The number of aryl methyl sites for hydroxylation is 5. The van der Waals surface area contributed by atoms with Gasteiger partial charge in [-0.1, -0.05) is 122 Å². The van der Waals surface area contributed by atoms with Gasteiger partial charge in [0.05, 0.1) is 0 Å². The van der Waals surface area contributed by atoms with Gasteiger partial charge >= 0.3 is 0 Å². The first-order valence-corrected chi connectivity index (χ1v) is 17.8. The molecular formula is C40H56Br2N2. The van der Waals surface area contributed by atoms with E-state index in [0.29, 0.717) is 0 Å². The number of halogens is 2. The Balaban J connectivity index is 0.000000366. The average Bonchev–Trinajstić information content (AvgIpc) is 3.05. The van der Waals surface area contributed by atoms with Crippen molar-refractivity contribution in [2.24, 2.45) is 0 Å². The first-order valence-electron chi connectivity index (χ1n) is 16.6. The molecule has 0 aliphatic heterocycles. The third kappa shape index (κ3) is 22.2. The van der Waals surface area contributed by atoms with Gasteiger partial charge in [-0.2, -0.15) is 0 Å². The minimum Gasteiger partial charge on any atom is -1.00 e. The molecule has 0 N–H and O–H groups in total. The highest BCUT2D eigenvalue weighted by molar-refractivity contribution is 9.09. The topological polar surface area (TPSA) is 16.8 Å². The van der Waals surface area contributed by atoms with Crippen LogP contribution in [0.25, 0.3) is 0 Å². The summed E-state index contributed by atoms with van der Waals surface area (Å²) in [5.41, 5.74) is 5.56. The molecule has 0 saturated carbocycles. The van der Waals surface area contributed by atoms with Crippen LogP contribution in [0.3, 0.4) is 0 Å². The van der Waals surface area contributed by atoms with Crippen molar-refractivity contribution in [3.63, 3.8) is 0 Å². The van der Waals surface area contributed by atoms with E-state index in [0.717, 1.165) is 11.9 Å². The maximum absolute atomic E-state index is 3.85. The molecule has 0 spiro atoms. The second kappa shape index (κ2) is 28.2. The van der Waals surface area contributed by atoms with Crippen LogP contribution < -0.4 is 21.5 Å². The summed E-state index contributed by atoms with van der Waals surface area (Å²) in [4.78, 5) is 3.85. The normalized spacial score (nSPS) is 10.1. The summed E-state index contributed by atoms with van der Waals surface area (Å²) in [6.45, 7) is 5.34. The number of rotatable bonds is 17. The summed E-state index contributed by atoms with van der Waals surface area (Å²) < 4.78 is 2.29. The second-order valence-corrected chi connectivity index (χ2v) is 12.3. The van der Waals surface area contributed by atoms with Gasteiger partial charge in [-0.15, -0.1) is 0 Å². The Hall–Kier alpha value is -2.30. The second-order valence-electron chi connectivity index (χ2n) is 11.5. The molecule has 2 heterocycles. The van der Waals surface area contributed by atoms with Crippen molar-refractivity contribution in [3.8, 4) is 0 Å². The van der Waals surface area contributed by atoms with E-state index in [1.807, 2.05) is 19.1 Å². The minimum atomic E-state index is 0. The number of hydrogen-bond donors (Lipinski definition) is 0. The van der Waals surface area contributed by atoms with Crippen molar-refractivity contribution in [2.45, 2.75) is 110 Å². The molecule has 0 unspecified atom stereocenters. The maximum Gasteiger partial charge on any atom is 0.169 e. The third-order valence-electron chi connectivity index (χ3n) is 7.57. The van der Waals surface area contributed by atoms with Crippen LogP contribution in [0.1, 0.15) is 99.3 Å². The van der Waals surface area contributed by atoms with Gasteiger partial charge in [0.15, 0.2) is 12.4 Å². The zero-order valence-corrected chi connectivity index (χ0v) is 30.5. The Kier molecular flexibility index (Phi) is 25.5. The lowest BCUT2D eigenvalue weighted by Gasteiger charge is -2.02. The Labute approximate surface area is 288 Å². The van der Waals surface area contributed by atoms with Gasteiger partial charge in [-0.25, -0.2) is 4.57 Å². The predicted octanol–water partition coefficient (Wildman–Crippen LogP) is 8.22. The molecular weight excluding hydrogens is 668 g/mol. The molecule has 4 aromatic rings. The minimum absolute atomic E-state index is 0. The van der Waals surface area contributed by atoms with E-state index in [1.165, 1.54) is 112 Å². The van der Waals surface area contributed by atoms with Crippen molar-refractivity contribution in [2.75, 3.05) is 5.33 Å². The SMILES string of the molecule is BrCCCCCCCCc1ccccc1.Cc1cc[n+](CCCCCCCCc2ccccc2)cc1.Cc1ccncc1.[Br-]. The highest BCUT2D eigenvalue weighted by Gasteiger charge is 1.99. The molecule has 0 aliphatic rings. The lowest BCUT2D eigenvalue weighted by Crippen LogP contribution is -3.00. The number of hydrogen-bond acceptors (Lipinski definition) is 1. The molecule has 0 atom stereocenters. The highest BCUT2D eigenvalue weighted by Crippen LogP contribution is 2.11. The highest BCUT2D eigenvalue weighted by atomic mass is 79.9. The number of nitrogens with zero attached hydrogens (tertiary/aromatic N) is 2. The summed E-state index contributed by atoms with van der Waals surface area (Å²) in [6.07, 6.45) is 26.8. The molecule has 0 aliphatic carbocycles. The van der Waals surface area contributed by atoms with Gasteiger partial charge in [-0.05, 0) is 86.8 Å². The fraction of sp³-hybridized carbons (Fsp3) is 0.450. The summed E-state index contributed by atoms with van der Waals surface area (Å²) in [5, 5.41) is 1.16. The van der Waals surface area contributed by atoms with Crippen LogP contribution in [0.2, 0.25) is 0 Å². The first-order chi connectivity index (χ1) is 21.2. The third-order valence-corrected chi connectivity index (χ3v) is 8.13. The van der Waals surface area contributed by atoms with Gasteiger partial charge < -0.3 is 17.0 Å². The fourth-order valence-corrected chi connectivity index (χ4v) is 5.25. The largest absolute Gasteiger partial charge is 1.00 e. The average molecular weight is 725 g/mol. The number of pyridine rings is 2. The van der Waals surface area contributed by atoms with E-state index < -0.39 is 0 Å². The molecule has 0 bridgehead atoms. The Bertz CT molecular complexity index is 1140. The molecule has 2 aromatic heterocycles. The standard InChI is InChI=1S/C20H28N.C14H21Br.C6H7N.BrH/c1-19-14-17-21(18-15-19)16-10-5-3-2-4-7-11-20-12-8-6-9-13-20;15-13-9-4-2-1-3-6-10-14-11-7-5-8-12-14;1-6-2-4-7-5-3-6;/h6,8-9,12-15,17-18H,2-5,7,10-11,16H2,1H3;5,7-8,11-12H,1-4,6,9-10,13H2;2-5H,1H3;1H/q+1;;;/p-1. The Morgan fingerprint density at radius 2 is 0.909 bits per heavy atom. The Morgan fingerprint density at radius 1 is 0.500 bits per heavy atom. The summed E-state index contributed by atoms with van der Waals surface area (Å²) in [7, 11) is 0. The molecule has 4 heteroatoms. The quantitative estimate of drug-likeness (QED) is 0.0610. The van der Waals surface area contributed by atoms with E-state index in [4.69, 9.17) is 0 Å². The van der Waals surface area contributed by atoms with Crippen LogP contribution in [-0.4, -0.2) is 10.3 Å². The maximum atomic E-state index is 3.85. The predicted molar refractivity (Wildman–Crippen MR) is 190 cm³/mol. The van der Waals surface area contributed by atoms with Crippen LogP contribution in [0, 0.1) is 13.8 Å². The van der Waals surface area contributed by atoms with Crippen LogP contribution in [0.5, 0.6) is 0 Å². The van der Waals surface area contributed by atoms with E-state index in [1.54, 1.807) is 12.4 Å². The van der Waals surface area contributed by atoms with Crippen molar-refractivity contribution < 1.29 is 21.5 Å². The molecule has 240 valence electrons. The number of aromatic nitrogens is 2. The van der Waals surface area contributed by atoms with Crippen LogP contribution >= 0.6 is 15.9 Å². The lowest BCUT2D eigenvalue weighted by atomic mass is 10.1. The van der Waals surface area contributed by atoms with Gasteiger partial charge in [0, 0.05) is 36.3 Å². The molecule has 0 fully saturated rings. The van der Waals surface area contributed by atoms with Crippen LogP contribution in [0.15, 0.2) is 110 Å². The monoisotopic (exact) mass is 722 g/mol. The van der Waals surface area contributed by atoms with Gasteiger partial charge in [0.2, 0.25) is 0 Å². The molecule has 0 radical (unpaired) electrons. The lowest BCUT2D eigenvalue weighted by molar-refractivity contribution is -0.697. The van der Waals surface area contributed by atoms with E-state index >= 15 is 0 Å². The number of benzene rings is 2. The fourth-order valence-electron chi connectivity index (χ4n) is 4.86.